The highest BCUT2D eigenvalue weighted by Gasteiger charge is 2.36. The molecule has 20 heavy (non-hydrogen) atoms. The SMILES string of the molecule is C[C@@H]([C@H](O)c1ccccc1)N1CC2C[C@@H](CN(C)C2)C1. The van der Waals surface area contributed by atoms with Gasteiger partial charge in [0.25, 0.3) is 0 Å². The first-order valence-electron chi connectivity index (χ1n) is 7.79. The van der Waals surface area contributed by atoms with E-state index in [9.17, 15) is 5.11 Å². The van der Waals surface area contributed by atoms with Crippen LogP contribution >= 0.6 is 0 Å². The molecule has 2 aliphatic heterocycles. The zero-order valence-corrected chi connectivity index (χ0v) is 12.6. The molecule has 0 radical (unpaired) electrons. The van der Waals surface area contributed by atoms with Gasteiger partial charge in [-0.25, -0.2) is 0 Å². The second kappa shape index (κ2) is 5.84. The molecule has 3 rings (SSSR count). The van der Waals surface area contributed by atoms with Crippen molar-refractivity contribution in [2.45, 2.75) is 25.5 Å². The van der Waals surface area contributed by atoms with Gasteiger partial charge in [0.05, 0.1) is 6.10 Å². The number of likely N-dealkylation sites (tertiary alicyclic amines) is 2. The number of hydrogen-bond donors (Lipinski definition) is 1. The van der Waals surface area contributed by atoms with E-state index in [0.717, 1.165) is 30.5 Å². The van der Waals surface area contributed by atoms with Crippen molar-refractivity contribution in [2.24, 2.45) is 11.8 Å². The van der Waals surface area contributed by atoms with E-state index in [1.165, 1.54) is 19.5 Å². The third-order valence-electron chi connectivity index (χ3n) is 4.97. The number of piperidine rings is 2. The van der Waals surface area contributed by atoms with Crippen LogP contribution in [0.25, 0.3) is 0 Å². The average Bonchev–Trinajstić information content (AvgIpc) is 2.45. The molecule has 0 saturated carbocycles. The average molecular weight is 274 g/mol. The lowest BCUT2D eigenvalue weighted by Crippen LogP contribution is -2.54. The Morgan fingerprint density at radius 2 is 1.65 bits per heavy atom. The van der Waals surface area contributed by atoms with Gasteiger partial charge in [0.15, 0.2) is 0 Å². The van der Waals surface area contributed by atoms with Crippen molar-refractivity contribution in [1.29, 1.82) is 0 Å². The number of rotatable bonds is 3. The van der Waals surface area contributed by atoms with E-state index in [4.69, 9.17) is 0 Å². The smallest absolute Gasteiger partial charge is 0.0942 e. The summed E-state index contributed by atoms with van der Waals surface area (Å²) in [4.78, 5) is 4.97. The minimum absolute atomic E-state index is 0.200. The summed E-state index contributed by atoms with van der Waals surface area (Å²) in [5, 5.41) is 10.6. The number of aliphatic hydroxyl groups is 1. The Bertz CT molecular complexity index is 418. The van der Waals surface area contributed by atoms with E-state index in [1.54, 1.807) is 0 Å². The van der Waals surface area contributed by atoms with Gasteiger partial charge < -0.3 is 10.0 Å². The van der Waals surface area contributed by atoms with Crippen molar-refractivity contribution >= 4 is 0 Å². The van der Waals surface area contributed by atoms with Crippen molar-refractivity contribution in [3.63, 3.8) is 0 Å². The normalized spacial score (nSPS) is 30.9. The third-order valence-corrected chi connectivity index (χ3v) is 4.97. The van der Waals surface area contributed by atoms with Crippen molar-refractivity contribution in [2.75, 3.05) is 33.2 Å². The molecule has 0 aliphatic carbocycles. The van der Waals surface area contributed by atoms with E-state index in [1.807, 2.05) is 30.3 Å². The first kappa shape index (κ1) is 14.1. The third kappa shape index (κ3) is 2.90. The summed E-state index contributed by atoms with van der Waals surface area (Å²) in [6.45, 7) is 6.85. The van der Waals surface area contributed by atoms with Gasteiger partial charge in [-0.15, -0.1) is 0 Å². The predicted molar refractivity (Wildman–Crippen MR) is 81.5 cm³/mol. The van der Waals surface area contributed by atoms with Crippen LogP contribution in [0.2, 0.25) is 0 Å². The van der Waals surface area contributed by atoms with Gasteiger partial charge in [0, 0.05) is 32.2 Å². The van der Waals surface area contributed by atoms with E-state index >= 15 is 0 Å². The molecule has 0 aromatic heterocycles. The fourth-order valence-electron chi connectivity index (χ4n) is 4.04. The molecule has 4 atom stereocenters. The molecular formula is C17H26N2O. The number of nitrogens with zero attached hydrogens (tertiary/aromatic N) is 2. The first-order chi connectivity index (χ1) is 9.63. The quantitative estimate of drug-likeness (QED) is 0.913. The zero-order chi connectivity index (χ0) is 14.1. The van der Waals surface area contributed by atoms with Crippen LogP contribution in [0.1, 0.15) is 25.0 Å². The van der Waals surface area contributed by atoms with E-state index in [0.29, 0.717) is 0 Å². The van der Waals surface area contributed by atoms with Crippen LogP contribution in [-0.4, -0.2) is 54.2 Å². The largest absolute Gasteiger partial charge is 0.387 e. The Labute approximate surface area is 122 Å². The van der Waals surface area contributed by atoms with Crippen LogP contribution in [0.3, 0.4) is 0 Å². The Morgan fingerprint density at radius 3 is 2.25 bits per heavy atom. The molecule has 3 nitrogen and oxygen atoms in total. The van der Waals surface area contributed by atoms with E-state index in [-0.39, 0.29) is 12.1 Å². The highest BCUT2D eigenvalue weighted by atomic mass is 16.3. The van der Waals surface area contributed by atoms with Gasteiger partial charge in [0.1, 0.15) is 0 Å². The summed E-state index contributed by atoms with van der Waals surface area (Å²) in [6, 6.07) is 10.3. The fourth-order valence-corrected chi connectivity index (χ4v) is 4.04. The molecule has 2 heterocycles. The van der Waals surface area contributed by atoms with Gasteiger partial charge in [-0.2, -0.15) is 0 Å². The van der Waals surface area contributed by atoms with Gasteiger partial charge in [-0.3, -0.25) is 4.90 Å². The summed E-state index contributed by atoms with van der Waals surface area (Å²) < 4.78 is 0. The highest BCUT2D eigenvalue weighted by Crippen LogP contribution is 2.31. The van der Waals surface area contributed by atoms with Gasteiger partial charge in [-0.05, 0) is 37.8 Å². The van der Waals surface area contributed by atoms with Crippen LogP contribution in [0.5, 0.6) is 0 Å². The molecule has 2 saturated heterocycles. The summed E-state index contributed by atoms with van der Waals surface area (Å²) in [7, 11) is 2.23. The van der Waals surface area contributed by atoms with Crippen LogP contribution in [0, 0.1) is 11.8 Å². The number of fused-ring (bicyclic) bond motifs is 2. The molecule has 1 aromatic carbocycles. The van der Waals surface area contributed by atoms with Crippen molar-refractivity contribution in [3.05, 3.63) is 35.9 Å². The number of aliphatic hydroxyl groups excluding tert-OH is 1. The molecular weight excluding hydrogens is 248 g/mol. The minimum Gasteiger partial charge on any atom is -0.387 e. The van der Waals surface area contributed by atoms with Crippen LogP contribution in [0.4, 0.5) is 0 Å². The monoisotopic (exact) mass is 274 g/mol. The maximum Gasteiger partial charge on any atom is 0.0942 e. The second-order valence-electron chi connectivity index (χ2n) is 6.74. The van der Waals surface area contributed by atoms with Crippen LogP contribution in [-0.2, 0) is 0 Å². The van der Waals surface area contributed by atoms with Crippen LogP contribution < -0.4 is 0 Å². The molecule has 1 N–H and O–H groups in total. The van der Waals surface area contributed by atoms with Gasteiger partial charge in [-0.1, -0.05) is 30.3 Å². The minimum atomic E-state index is -0.382. The molecule has 0 amide bonds. The zero-order valence-electron chi connectivity index (χ0n) is 12.6. The molecule has 0 spiro atoms. The predicted octanol–water partition coefficient (Wildman–Crippen LogP) is 1.99. The van der Waals surface area contributed by atoms with Crippen molar-refractivity contribution < 1.29 is 5.11 Å². The Hall–Kier alpha value is -0.900. The van der Waals surface area contributed by atoms with Crippen molar-refractivity contribution in [3.8, 4) is 0 Å². The Kier molecular flexibility index (Phi) is 4.11. The van der Waals surface area contributed by atoms with Crippen LogP contribution in [0.15, 0.2) is 30.3 Å². The van der Waals surface area contributed by atoms with E-state index < -0.39 is 0 Å². The van der Waals surface area contributed by atoms with Gasteiger partial charge >= 0.3 is 0 Å². The molecule has 2 fully saturated rings. The Balaban J connectivity index is 1.67. The fraction of sp³-hybridized carbons (Fsp3) is 0.647. The standard InChI is InChI=1S/C17H26N2O/c1-13(17(20)16-6-4-3-5-7-16)19-11-14-8-15(12-19)10-18(2)9-14/h3-7,13-15,17,20H,8-12H2,1-2H3/t13-,14-,15?,17-/m0/s1. The molecule has 1 unspecified atom stereocenters. The molecule has 3 heteroatoms. The number of hydrogen-bond acceptors (Lipinski definition) is 3. The topological polar surface area (TPSA) is 26.7 Å². The summed E-state index contributed by atoms with van der Waals surface area (Å²) in [5.74, 6) is 1.55. The summed E-state index contributed by atoms with van der Waals surface area (Å²) in [6.07, 6.45) is 0.988. The molecule has 2 aliphatic rings. The Morgan fingerprint density at radius 1 is 1.05 bits per heavy atom. The maximum atomic E-state index is 10.6. The van der Waals surface area contributed by atoms with Crippen molar-refractivity contribution in [1.82, 2.24) is 9.80 Å². The van der Waals surface area contributed by atoms with E-state index in [2.05, 4.69) is 23.8 Å². The lowest BCUT2D eigenvalue weighted by atomic mass is 9.83. The molecule has 110 valence electrons. The second-order valence-corrected chi connectivity index (χ2v) is 6.74. The lowest BCUT2D eigenvalue weighted by molar-refractivity contribution is -0.0159. The molecule has 2 bridgehead atoms. The maximum absolute atomic E-state index is 10.6. The first-order valence-corrected chi connectivity index (χ1v) is 7.79. The number of benzene rings is 1. The lowest BCUT2D eigenvalue weighted by Gasteiger charge is -2.47. The summed E-state index contributed by atoms with van der Waals surface area (Å²) in [5.41, 5.74) is 1.04. The molecule has 1 aromatic rings. The highest BCUT2D eigenvalue weighted by molar-refractivity contribution is 5.18. The van der Waals surface area contributed by atoms with Gasteiger partial charge in [0.2, 0.25) is 0 Å². The summed E-state index contributed by atoms with van der Waals surface area (Å²) >= 11 is 0.